The molecule has 0 aliphatic rings. The highest BCUT2D eigenvalue weighted by molar-refractivity contribution is 7.47. The zero-order valence-electron chi connectivity index (χ0n) is 30.0. The Bertz CT molecular complexity index is 1030. The molecule has 0 bridgehead atoms. The van der Waals surface area contributed by atoms with Crippen molar-refractivity contribution < 1.29 is 47.8 Å². The van der Waals surface area contributed by atoms with Crippen LogP contribution in [-0.4, -0.2) is 64.9 Å². The summed E-state index contributed by atoms with van der Waals surface area (Å²) in [5, 5.41) is 21.7. The van der Waals surface area contributed by atoms with Crippen molar-refractivity contribution in [2.75, 3.05) is 19.8 Å². The summed E-state index contributed by atoms with van der Waals surface area (Å²) in [7, 11) is -4.75. The van der Waals surface area contributed by atoms with E-state index in [1.807, 2.05) is 0 Å². The first kappa shape index (κ1) is 46.4. The summed E-state index contributed by atoms with van der Waals surface area (Å²) in [6.07, 6.45) is 33.0. The van der Waals surface area contributed by atoms with Gasteiger partial charge in [0.15, 0.2) is 6.04 Å². The Morgan fingerprint density at radius 3 is 1.80 bits per heavy atom. The molecule has 0 saturated carbocycles. The number of ether oxygens (including phenoxy) is 1. The van der Waals surface area contributed by atoms with Gasteiger partial charge in [-0.3, -0.25) is 18.6 Å². The van der Waals surface area contributed by atoms with E-state index in [1.54, 1.807) is 0 Å². The van der Waals surface area contributed by atoms with E-state index in [9.17, 15) is 34.1 Å². The van der Waals surface area contributed by atoms with Gasteiger partial charge in [-0.25, -0.2) is 9.36 Å². The van der Waals surface area contributed by atoms with Gasteiger partial charge in [0.2, 0.25) is 5.91 Å². The Labute approximate surface area is 294 Å². The molecule has 0 saturated heterocycles. The average Bonchev–Trinajstić information content (AvgIpc) is 3.07. The maximum atomic E-state index is 12.2. The Kier molecular flexibility index (Phi) is 30.9. The molecule has 0 radical (unpaired) electrons. The lowest BCUT2D eigenvalue weighted by molar-refractivity contribution is -0.147. The molecule has 0 rings (SSSR count). The number of unbranched alkanes of at least 4 members (excludes halogenated alkanes) is 11. The maximum absolute atomic E-state index is 12.2. The van der Waals surface area contributed by atoms with Crippen LogP contribution in [0.15, 0.2) is 48.6 Å². The van der Waals surface area contributed by atoms with Crippen molar-refractivity contribution in [2.45, 2.75) is 148 Å². The Morgan fingerprint density at radius 1 is 0.673 bits per heavy atom. The molecule has 3 unspecified atom stereocenters. The predicted molar refractivity (Wildman–Crippen MR) is 194 cm³/mol. The van der Waals surface area contributed by atoms with Gasteiger partial charge in [-0.15, -0.1) is 0 Å². The summed E-state index contributed by atoms with van der Waals surface area (Å²) in [6, 6.07) is -1.56. The van der Waals surface area contributed by atoms with Crippen molar-refractivity contribution in [3.8, 4) is 0 Å². The number of carboxylic acid groups (broad SMARTS) is 1. The number of aliphatic carboxylic acids is 1. The summed E-state index contributed by atoms with van der Waals surface area (Å²) >= 11 is 0. The van der Waals surface area contributed by atoms with E-state index in [4.69, 9.17) is 13.8 Å². The second-order valence-electron chi connectivity index (χ2n) is 12.0. The summed E-state index contributed by atoms with van der Waals surface area (Å²) in [5.41, 5.74) is 0. The molecule has 0 aromatic carbocycles. The van der Waals surface area contributed by atoms with Crippen LogP contribution in [0.3, 0.4) is 0 Å². The molecule has 0 heterocycles. The van der Waals surface area contributed by atoms with Crippen molar-refractivity contribution in [3.05, 3.63) is 48.6 Å². The molecule has 282 valence electrons. The molecule has 1 amide bonds. The third kappa shape index (κ3) is 32.4. The van der Waals surface area contributed by atoms with Crippen LogP contribution in [0.1, 0.15) is 136 Å². The fourth-order valence-corrected chi connectivity index (χ4v) is 5.28. The largest absolute Gasteiger partial charge is 0.480 e. The van der Waals surface area contributed by atoms with Gasteiger partial charge in [0.25, 0.3) is 0 Å². The molecule has 11 nitrogen and oxygen atoms in total. The molecule has 0 aliphatic heterocycles. The second-order valence-corrected chi connectivity index (χ2v) is 13.5. The molecule has 0 fully saturated rings. The van der Waals surface area contributed by atoms with Gasteiger partial charge in [-0.2, -0.15) is 0 Å². The van der Waals surface area contributed by atoms with Crippen LogP contribution in [0.25, 0.3) is 0 Å². The lowest BCUT2D eigenvalue weighted by atomic mass is 10.1. The van der Waals surface area contributed by atoms with Crippen molar-refractivity contribution in [3.63, 3.8) is 0 Å². The number of carbonyl (C=O) groups excluding carboxylic acids is 2. The van der Waals surface area contributed by atoms with Crippen molar-refractivity contribution in [1.82, 2.24) is 5.32 Å². The Morgan fingerprint density at radius 2 is 1.18 bits per heavy atom. The van der Waals surface area contributed by atoms with Gasteiger partial charge in [0.1, 0.15) is 12.7 Å². The number of hydrogen-bond donors (Lipinski definition) is 4. The van der Waals surface area contributed by atoms with E-state index in [2.05, 4.69) is 67.8 Å². The van der Waals surface area contributed by atoms with E-state index in [1.165, 1.54) is 0 Å². The molecular weight excluding hydrogens is 649 g/mol. The zero-order valence-corrected chi connectivity index (χ0v) is 30.9. The number of amides is 1. The smallest absolute Gasteiger partial charge is 0.472 e. The van der Waals surface area contributed by atoms with Crippen LogP contribution < -0.4 is 5.32 Å². The Balaban J connectivity index is 4.04. The number of esters is 1. The highest BCUT2D eigenvalue weighted by Gasteiger charge is 2.28. The van der Waals surface area contributed by atoms with Crippen LogP contribution >= 0.6 is 7.82 Å². The first-order chi connectivity index (χ1) is 23.6. The minimum atomic E-state index is -4.75. The number of aliphatic hydroxyl groups excluding tert-OH is 1. The molecule has 12 heteroatoms. The first-order valence-electron chi connectivity index (χ1n) is 18.2. The standard InChI is InChI=1S/C37H64NO10P/c1-3-5-7-9-11-13-15-16-17-18-19-20-22-24-26-28-35(40)38-34(37(42)43)32-48-49(44,45)47-31-33(39)30-46-36(41)29-27-25-23-21-14-12-10-8-6-4-2/h5,7-8,10-11,13,16-17,33-34,39H,3-4,6,9,12,14-15,18-32H2,1-2H3,(H,38,40)(H,42,43)(H,44,45)/b7-5-,10-8-,13-11-,17-16-. The quantitative estimate of drug-likeness (QED) is 0.0225. The minimum Gasteiger partial charge on any atom is -0.480 e. The van der Waals surface area contributed by atoms with Crippen LogP contribution in [0.4, 0.5) is 0 Å². The third-order valence-corrected chi connectivity index (χ3v) is 8.28. The second kappa shape index (κ2) is 32.6. The zero-order chi connectivity index (χ0) is 36.4. The number of phosphoric ester groups is 1. The van der Waals surface area contributed by atoms with E-state index in [-0.39, 0.29) is 12.8 Å². The average molecular weight is 714 g/mol. The SMILES string of the molecule is CC/C=C\C/C=C\C/C=C\CCCCCCCC(=O)NC(COP(=O)(O)OCC(O)COC(=O)CCCCCCC/C=C\CCC)C(=O)O. The molecule has 0 spiro atoms. The van der Waals surface area contributed by atoms with Gasteiger partial charge in [0, 0.05) is 12.8 Å². The summed E-state index contributed by atoms with van der Waals surface area (Å²) < 4.78 is 26.6. The Hall–Kier alpha value is -2.56. The number of phosphoric acid groups is 1. The number of aliphatic hydroxyl groups is 1. The van der Waals surface area contributed by atoms with E-state index >= 15 is 0 Å². The molecule has 49 heavy (non-hydrogen) atoms. The first-order valence-corrected chi connectivity index (χ1v) is 19.7. The summed E-state index contributed by atoms with van der Waals surface area (Å²) in [6.45, 7) is 2.35. The minimum absolute atomic E-state index is 0.124. The van der Waals surface area contributed by atoms with Crippen LogP contribution in [0.2, 0.25) is 0 Å². The monoisotopic (exact) mass is 713 g/mol. The number of rotatable bonds is 33. The van der Waals surface area contributed by atoms with E-state index in [0.29, 0.717) is 12.8 Å². The van der Waals surface area contributed by atoms with Crippen molar-refractivity contribution >= 4 is 25.7 Å². The maximum Gasteiger partial charge on any atom is 0.472 e. The van der Waals surface area contributed by atoms with Gasteiger partial charge in [-0.1, -0.05) is 107 Å². The van der Waals surface area contributed by atoms with Crippen molar-refractivity contribution in [1.29, 1.82) is 0 Å². The van der Waals surface area contributed by atoms with Crippen LogP contribution in [0, 0.1) is 0 Å². The van der Waals surface area contributed by atoms with Crippen molar-refractivity contribution in [2.24, 2.45) is 0 Å². The highest BCUT2D eigenvalue weighted by Crippen LogP contribution is 2.43. The molecular formula is C37H64NO10P. The molecule has 0 aliphatic carbocycles. The highest BCUT2D eigenvalue weighted by atomic mass is 31.2. The van der Waals surface area contributed by atoms with Crippen LogP contribution in [-0.2, 0) is 32.7 Å². The number of hydrogen-bond acceptors (Lipinski definition) is 8. The topological polar surface area (TPSA) is 169 Å². The fourth-order valence-electron chi connectivity index (χ4n) is 4.51. The molecule has 0 aromatic rings. The van der Waals surface area contributed by atoms with Gasteiger partial charge < -0.3 is 25.2 Å². The summed E-state index contributed by atoms with van der Waals surface area (Å²) in [5.74, 6) is -2.42. The molecule has 3 atom stereocenters. The third-order valence-electron chi connectivity index (χ3n) is 7.33. The molecule has 4 N–H and O–H groups in total. The van der Waals surface area contributed by atoms with Gasteiger partial charge in [0.05, 0.1) is 13.2 Å². The van der Waals surface area contributed by atoms with E-state index < -0.39 is 57.6 Å². The predicted octanol–water partition coefficient (Wildman–Crippen LogP) is 8.27. The fraction of sp³-hybridized carbons (Fsp3) is 0.703. The lowest BCUT2D eigenvalue weighted by Crippen LogP contribution is -2.43. The number of carbonyl (C=O) groups is 3. The summed E-state index contributed by atoms with van der Waals surface area (Å²) in [4.78, 5) is 45.6. The number of nitrogens with one attached hydrogen (secondary N) is 1. The van der Waals surface area contributed by atoms with Crippen LogP contribution in [0.5, 0.6) is 0 Å². The van der Waals surface area contributed by atoms with Gasteiger partial charge in [-0.05, 0) is 64.2 Å². The normalized spacial score (nSPS) is 14.5. The van der Waals surface area contributed by atoms with Gasteiger partial charge >= 0.3 is 19.8 Å². The molecule has 0 aromatic heterocycles. The number of allylic oxidation sites excluding steroid dienone is 8. The lowest BCUT2D eigenvalue weighted by Gasteiger charge is -2.18. The van der Waals surface area contributed by atoms with E-state index in [0.717, 1.165) is 96.3 Å². The number of carboxylic acids is 1.